The van der Waals surface area contributed by atoms with Gasteiger partial charge in [0.25, 0.3) is 0 Å². The summed E-state index contributed by atoms with van der Waals surface area (Å²) in [4.78, 5) is 22.4. The molecular weight excluding hydrogens is 338 g/mol. The van der Waals surface area contributed by atoms with Gasteiger partial charge >= 0.3 is 11.9 Å². The van der Waals surface area contributed by atoms with Crippen LogP contribution < -0.4 is 4.74 Å². The molecule has 1 rings (SSSR count). The fourth-order valence-electron chi connectivity index (χ4n) is 2.12. The molecule has 0 aromatic heterocycles. The van der Waals surface area contributed by atoms with E-state index < -0.39 is 28.5 Å². The summed E-state index contributed by atoms with van der Waals surface area (Å²) in [6.45, 7) is 1.14. The molecular formula is C15H21NO7S. The van der Waals surface area contributed by atoms with E-state index in [4.69, 9.17) is 9.84 Å². The number of methoxy groups -OCH3 is 2. The second-order valence-electron chi connectivity index (χ2n) is 4.96. The zero-order chi connectivity index (χ0) is 18.3. The minimum Gasteiger partial charge on any atom is -0.497 e. The van der Waals surface area contributed by atoms with Crippen molar-refractivity contribution in [1.82, 2.24) is 4.31 Å². The molecule has 0 radical (unpaired) electrons. The Morgan fingerprint density at radius 2 is 1.92 bits per heavy atom. The topological polar surface area (TPSA) is 110 Å². The summed E-state index contributed by atoms with van der Waals surface area (Å²) in [6.07, 6.45) is 0.185. The lowest BCUT2D eigenvalue weighted by atomic mass is 10.1. The first-order valence-corrected chi connectivity index (χ1v) is 8.65. The lowest BCUT2D eigenvalue weighted by Gasteiger charge is -2.21. The number of ether oxygens (including phenoxy) is 2. The van der Waals surface area contributed by atoms with Crippen LogP contribution in [0.1, 0.15) is 18.9 Å². The number of carboxylic acids is 1. The minimum atomic E-state index is -4.08. The first kappa shape index (κ1) is 19.9. The Hall–Kier alpha value is -2.13. The molecule has 0 bridgehead atoms. The van der Waals surface area contributed by atoms with Crippen LogP contribution >= 0.6 is 0 Å². The van der Waals surface area contributed by atoms with Gasteiger partial charge in [-0.3, -0.25) is 9.59 Å². The van der Waals surface area contributed by atoms with Gasteiger partial charge in [-0.15, -0.1) is 0 Å². The van der Waals surface area contributed by atoms with Gasteiger partial charge in [0.2, 0.25) is 10.0 Å². The van der Waals surface area contributed by atoms with Crippen LogP contribution in [-0.4, -0.2) is 57.1 Å². The highest BCUT2D eigenvalue weighted by molar-refractivity contribution is 7.89. The largest absolute Gasteiger partial charge is 0.497 e. The molecule has 0 aliphatic heterocycles. The van der Waals surface area contributed by atoms with Crippen LogP contribution in [0.4, 0.5) is 0 Å². The number of nitrogens with zero attached hydrogens (tertiary/aromatic N) is 1. The van der Waals surface area contributed by atoms with Crippen molar-refractivity contribution in [1.29, 1.82) is 0 Å². The molecule has 1 aromatic carbocycles. The Bertz CT molecular complexity index is 700. The molecule has 1 aromatic rings. The highest BCUT2D eigenvalue weighted by Crippen LogP contribution is 2.25. The summed E-state index contributed by atoms with van der Waals surface area (Å²) < 4.78 is 36.1. The second-order valence-corrected chi connectivity index (χ2v) is 6.87. The van der Waals surface area contributed by atoms with E-state index in [0.29, 0.717) is 12.2 Å². The predicted octanol–water partition coefficient (Wildman–Crippen LogP) is 0.896. The number of carbonyl (C=O) groups excluding carboxylic acids is 1. The highest BCUT2D eigenvalue weighted by atomic mass is 32.2. The molecule has 0 atom stereocenters. The van der Waals surface area contributed by atoms with E-state index in [1.54, 1.807) is 6.92 Å². The minimum absolute atomic E-state index is 0.0539. The van der Waals surface area contributed by atoms with Crippen molar-refractivity contribution >= 4 is 22.0 Å². The Morgan fingerprint density at radius 1 is 1.25 bits per heavy atom. The Kier molecular flexibility index (Phi) is 7.18. The number of hydrogen-bond acceptors (Lipinski definition) is 6. The van der Waals surface area contributed by atoms with Crippen molar-refractivity contribution in [3.05, 3.63) is 23.8 Å². The molecule has 0 heterocycles. The molecule has 24 heavy (non-hydrogen) atoms. The van der Waals surface area contributed by atoms with Crippen LogP contribution in [0.5, 0.6) is 5.75 Å². The molecule has 9 heteroatoms. The van der Waals surface area contributed by atoms with Gasteiger partial charge in [-0.1, -0.05) is 6.92 Å². The maximum Gasteiger partial charge on any atom is 0.318 e. The van der Waals surface area contributed by atoms with Crippen molar-refractivity contribution in [2.24, 2.45) is 0 Å². The molecule has 134 valence electrons. The summed E-state index contributed by atoms with van der Waals surface area (Å²) in [7, 11) is -1.46. The molecule has 0 aliphatic rings. The average Bonchev–Trinajstić information content (AvgIpc) is 2.53. The fraction of sp³-hybridized carbons (Fsp3) is 0.467. The van der Waals surface area contributed by atoms with Crippen LogP contribution in [-0.2, 0) is 30.8 Å². The van der Waals surface area contributed by atoms with Crippen molar-refractivity contribution < 1.29 is 32.6 Å². The molecule has 0 saturated carbocycles. The summed E-state index contributed by atoms with van der Waals surface area (Å²) in [5.74, 6) is -1.48. The third-order valence-electron chi connectivity index (χ3n) is 3.23. The third kappa shape index (κ3) is 4.93. The van der Waals surface area contributed by atoms with Gasteiger partial charge in [-0.05, 0) is 30.2 Å². The molecule has 0 saturated heterocycles. The van der Waals surface area contributed by atoms with Crippen LogP contribution in [0.25, 0.3) is 0 Å². The number of rotatable bonds is 9. The normalized spacial score (nSPS) is 11.3. The molecule has 0 unspecified atom stereocenters. The molecule has 0 spiro atoms. The molecule has 0 amide bonds. The third-order valence-corrected chi connectivity index (χ3v) is 5.18. The van der Waals surface area contributed by atoms with Crippen molar-refractivity contribution in [2.75, 3.05) is 27.3 Å². The van der Waals surface area contributed by atoms with E-state index in [0.717, 1.165) is 4.31 Å². The van der Waals surface area contributed by atoms with E-state index in [1.807, 2.05) is 0 Å². The summed E-state index contributed by atoms with van der Waals surface area (Å²) in [6, 6.07) is 4.17. The average molecular weight is 359 g/mol. The number of carboxylic acid groups (broad SMARTS) is 1. The van der Waals surface area contributed by atoms with Crippen molar-refractivity contribution in [2.45, 2.75) is 24.7 Å². The summed E-state index contributed by atoms with van der Waals surface area (Å²) in [5, 5.41) is 8.96. The zero-order valence-electron chi connectivity index (χ0n) is 13.8. The highest BCUT2D eigenvalue weighted by Gasteiger charge is 2.29. The lowest BCUT2D eigenvalue weighted by molar-refractivity contribution is -0.140. The maximum atomic E-state index is 12.8. The maximum absolute atomic E-state index is 12.8. The van der Waals surface area contributed by atoms with Crippen LogP contribution in [0.15, 0.2) is 23.1 Å². The number of aliphatic carboxylic acids is 1. The summed E-state index contributed by atoms with van der Waals surface area (Å²) >= 11 is 0. The van der Waals surface area contributed by atoms with Crippen LogP contribution in [0.3, 0.4) is 0 Å². The summed E-state index contributed by atoms with van der Waals surface area (Å²) in [5.41, 5.74) is 0.188. The monoisotopic (exact) mass is 359 g/mol. The quantitative estimate of drug-likeness (QED) is 0.652. The standard InChI is InChI=1S/C15H21NO7S/c1-4-7-16(10-14(17)18)24(20,21)13-6-5-12(22-2)8-11(13)9-15(19)23-3/h5-6,8H,4,7,9-10H2,1-3H3,(H,17,18). The van der Waals surface area contributed by atoms with Gasteiger partial charge in [0.1, 0.15) is 12.3 Å². The van der Waals surface area contributed by atoms with Crippen LogP contribution in [0.2, 0.25) is 0 Å². The molecule has 0 aliphatic carbocycles. The van der Waals surface area contributed by atoms with E-state index >= 15 is 0 Å². The van der Waals surface area contributed by atoms with Gasteiger partial charge in [-0.2, -0.15) is 4.31 Å². The second kappa shape index (κ2) is 8.65. The SMILES string of the molecule is CCCN(CC(=O)O)S(=O)(=O)c1ccc(OC)cc1CC(=O)OC. The number of hydrogen-bond donors (Lipinski definition) is 1. The van der Waals surface area contributed by atoms with Crippen molar-refractivity contribution in [3.63, 3.8) is 0 Å². The van der Waals surface area contributed by atoms with Gasteiger partial charge in [0.05, 0.1) is 25.5 Å². The molecule has 8 nitrogen and oxygen atoms in total. The zero-order valence-corrected chi connectivity index (χ0v) is 14.6. The van der Waals surface area contributed by atoms with Gasteiger partial charge in [0.15, 0.2) is 0 Å². The Labute approximate surface area is 141 Å². The molecule has 0 fully saturated rings. The van der Waals surface area contributed by atoms with Crippen LogP contribution in [0, 0.1) is 0 Å². The Balaban J connectivity index is 3.39. The first-order valence-electron chi connectivity index (χ1n) is 7.21. The van der Waals surface area contributed by atoms with Gasteiger partial charge in [0, 0.05) is 6.54 Å². The first-order chi connectivity index (χ1) is 11.3. The van der Waals surface area contributed by atoms with Gasteiger partial charge < -0.3 is 14.6 Å². The number of carbonyl (C=O) groups is 2. The lowest BCUT2D eigenvalue weighted by Crippen LogP contribution is -2.36. The van der Waals surface area contributed by atoms with E-state index in [2.05, 4.69) is 4.74 Å². The predicted molar refractivity (Wildman–Crippen MR) is 85.4 cm³/mol. The number of sulfonamides is 1. The van der Waals surface area contributed by atoms with E-state index in [1.165, 1.54) is 32.4 Å². The number of benzene rings is 1. The fourth-order valence-corrected chi connectivity index (χ4v) is 3.81. The Morgan fingerprint density at radius 3 is 2.42 bits per heavy atom. The van der Waals surface area contributed by atoms with Gasteiger partial charge in [-0.25, -0.2) is 8.42 Å². The smallest absolute Gasteiger partial charge is 0.318 e. The molecule has 1 N–H and O–H groups in total. The number of esters is 1. The van der Waals surface area contributed by atoms with E-state index in [-0.39, 0.29) is 23.4 Å². The van der Waals surface area contributed by atoms with E-state index in [9.17, 15) is 18.0 Å². The van der Waals surface area contributed by atoms with Crippen molar-refractivity contribution in [3.8, 4) is 5.75 Å².